The number of carbonyl (C=O) groups is 1. The summed E-state index contributed by atoms with van der Waals surface area (Å²) in [6.45, 7) is 0. The van der Waals surface area contributed by atoms with Gasteiger partial charge in [-0.2, -0.15) is 10.2 Å². The van der Waals surface area contributed by atoms with Crippen LogP contribution in [-0.2, 0) is 0 Å². The van der Waals surface area contributed by atoms with E-state index < -0.39 is 0 Å². The number of methoxy groups -OCH3 is 2. The molecule has 7 nitrogen and oxygen atoms in total. The van der Waals surface area contributed by atoms with Gasteiger partial charge in [0.1, 0.15) is 0 Å². The summed E-state index contributed by atoms with van der Waals surface area (Å²) >= 11 is 0. The zero-order valence-electron chi connectivity index (χ0n) is 11.1. The average Bonchev–Trinajstić information content (AvgIpc) is 2.49. The normalized spacial score (nSPS) is 9.90. The Morgan fingerprint density at radius 1 is 1.20 bits per heavy atom. The fraction of sp³-hybridized carbons (Fsp3) is 0.154. The Kier molecular flexibility index (Phi) is 3.99. The smallest absolute Gasteiger partial charge is 0.257 e. The van der Waals surface area contributed by atoms with Gasteiger partial charge < -0.3 is 20.5 Å². The van der Waals surface area contributed by atoms with Gasteiger partial charge in [0.25, 0.3) is 5.91 Å². The van der Waals surface area contributed by atoms with Crippen LogP contribution in [0.2, 0.25) is 0 Å². The van der Waals surface area contributed by atoms with Gasteiger partial charge in [-0.15, -0.1) is 0 Å². The predicted molar refractivity (Wildman–Crippen MR) is 73.9 cm³/mol. The number of hydrogen-bond acceptors (Lipinski definition) is 6. The first-order valence-corrected chi connectivity index (χ1v) is 5.75. The summed E-state index contributed by atoms with van der Waals surface area (Å²) in [5.74, 6) is 0.636. The lowest BCUT2D eigenvalue weighted by molar-refractivity contribution is 0.102. The number of carbonyl (C=O) groups excluding carboxylic acids is 1. The maximum Gasteiger partial charge on any atom is 0.257 e. The van der Waals surface area contributed by atoms with Crippen LogP contribution in [0, 0.1) is 0 Å². The van der Waals surface area contributed by atoms with Crippen LogP contribution in [0.4, 0.5) is 11.4 Å². The molecule has 1 amide bonds. The van der Waals surface area contributed by atoms with E-state index >= 15 is 0 Å². The summed E-state index contributed by atoms with van der Waals surface area (Å²) < 4.78 is 10.3. The molecule has 0 aliphatic heterocycles. The SMILES string of the molecule is COc1cc(N)c(NC(=O)c2ccnnc2)cc1OC. The molecule has 0 aliphatic rings. The van der Waals surface area contributed by atoms with E-state index in [1.165, 1.54) is 26.6 Å². The second kappa shape index (κ2) is 5.87. The van der Waals surface area contributed by atoms with Gasteiger partial charge in [-0.05, 0) is 6.07 Å². The van der Waals surface area contributed by atoms with Crippen LogP contribution in [0.25, 0.3) is 0 Å². The van der Waals surface area contributed by atoms with Crippen molar-refractivity contribution in [1.82, 2.24) is 10.2 Å². The van der Waals surface area contributed by atoms with Crippen LogP contribution >= 0.6 is 0 Å². The van der Waals surface area contributed by atoms with Crippen molar-refractivity contribution in [1.29, 1.82) is 0 Å². The molecule has 2 aromatic rings. The number of amides is 1. The Labute approximate surface area is 115 Å². The van der Waals surface area contributed by atoms with E-state index in [1.54, 1.807) is 18.2 Å². The number of ether oxygens (including phenoxy) is 2. The topological polar surface area (TPSA) is 99.4 Å². The molecule has 0 unspecified atom stereocenters. The van der Waals surface area contributed by atoms with Crippen molar-refractivity contribution in [3.05, 3.63) is 36.2 Å². The van der Waals surface area contributed by atoms with Crippen LogP contribution in [0.3, 0.4) is 0 Å². The summed E-state index contributed by atoms with van der Waals surface area (Å²) in [7, 11) is 3.02. The van der Waals surface area contributed by atoms with Crippen molar-refractivity contribution in [2.45, 2.75) is 0 Å². The van der Waals surface area contributed by atoms with E-state index in [0.717, 1.165) is 0 Å². The van der Waals surface area contributed by atoms with Crippen LogP contribution in [0.1, 0.15) is 10.4 Å². The van der Waals surface area contributed by atoms with E-state index in [0.29, 0.717) is 28.4 Å². The number of nitrogens with zero attached hydrogens (tertiary/aromatic N) is 2. The number of nitrogen functional groups attached to an aromatic ring is 1. The van der Waals surface area contributed by atoms with Crippen LogP contribution in [-0.4, -0.2) is 30.3 Å². The molecule has 0 spiro atoms. The molecule has 1 aromatic carbocycles. The second-order valence-corrected chi connectivity index (χ2v) is 3.88. The van der Waals surface area contributed by atoms with Gasteiger partial charge in [-0.3, -0.25) is 4.79 Å². The van der Waals surface area contributed by atoms with Crippen molar-refractivity contribution in [3.8, 4) is 11.5 Å². The summed E-state index contributed by atoms with van der Waals surface area (Å²) in [5, 5.41) is 9.94. The minimum atomic E-state index is -0.334. The summed E-state index contributed by atoms with van der Waals surface area (Å²) in [6, 6.07) is 4.74. The first-order valence-electron chi connectivity index (χ1n) is 5.75. The zero-order valence-corrected chi connectivity index (χ0v) is 11.1. The standard InChI is InChI=1S/C13H14N4O3/c1-19-11-5-9(14)10(6-12(11)20-2)17-13(18)8-3-4-15-16-7-8/h3-7H,14H2,1-2H3,(H,17,18). The molecule has 0 bridgehead atoms. The lowest BCUT2D eigenvalue weighted by atomic mass is 10.2. The van der Waals surface area contributed by atoms with Crippen molar-refractivity contribution >= 4 is 17.3 Å². The first kappa shape index (κ1) is 13.6. The molecular formula is C13H14N4O3. The predicted octanol–water partition coefficient (Wildman–Crippen LogP) is 1.33. The molecule has 104 valence electrons. The number of nitrogens with one attached hydrogen (secondary N) is 1. The van der Waals surface area contributed by atoms with Gasteiger partial charge in [-0.25, -0.2) is 0 Å². The summed E-state index contributed by atoms with van der Waals surface area (Å²) in [6.07, 6.45) is 2.80. The third-order valence-electron chi connectivity index (χ3n) is 2.65. The Bertz CT molecular complexity index is 617. The molecule has 20 heavy (non-hydrogen) atoms. The third-order valence-corrected chi connectivity index (χ3v) is 2.65. The monoisotopic (exact) mass is 274 g/mol. The number of nitrogens with two attached hydrogens (primary N) is 1. The average molecular weight is 274 g/mol. The second-order valence-electron chi connectivity index (χ2n) is 3.88. The molecule has 1 heterocycles. The van der Waals surface area contributed by atoms with Crippen LogP contribution < -0.4 is 20.5 Å². The fourth-order valence-electron chi connectivity index (χ4n) is 1.62. The molecule has 0 saturated carbocycles. The fourth-order valence-corrected chi connectivity index (χ4v) is 1.62. The van der Waals surface area contributed by atoms with Crippen molar-refractivity contribution in [2.24, 2.45) is 0 Å². The minimum absolute atomic E-state index is 0.334. The van der Waals surface area contributed by atoms with Crippen molar-refractivity contribution in [2.75, 3.05) is 25.3 Å². The van der Waals surface area contributed by atoms with E-state index in [1.807, 2.05) is 0 Å². The van der Waals surface area contributed by atoms with Gasteiger partial charge >= 0.3 is 0 Å². The molecule has 0 saturated heterocycles. The lowest BCUT2D eigenvalue weighted by Crippen LogP contribution is -2.13. The highest BCUT2D eigenvalue weighted by Gasteiger charge is 2.12. The van der Waals surface area contributed by atoms with Crippen molar-refractivity contribution < 1.29 is 14.3 Å². The van der Waals surface area contributed by atoms with E-state index in [9.17, 15) is 4.79 Å². The highest BCUT2D eigenvalue weighted by atomic mass is 16.5. The minimum Gasteiger partial charge on any atom is -0.493 e. The number of hydrogen-bond donors (Lipinski definition) is 2. The maximum atomic E-state index is 12.0. The van der Waals surface area contributed by atoms with E-state index in [4.69, 9.17) is 15.2 Å². The third kappa shape index (κ3) is 2.77. The van der Waals surface area contributed by atoms with Crippen LogP contribution in [0.5, 0.6) is 11.5 Å². The molecular weight excluding hydrogens is 260 g/mol. The molecule has 0 fully saturated rings. The Morgan fingerprint density at radius 3 is 2.50 bits per heavy atom. The lowest BCUT2D eigenvalue weighted by Gasteiger charge is -2.13. The molecule has 0 atom stereocenters. The largest absolute Gasteiger partial charge is 0.493 e. The number of anilines is 2. The number of aromatic nitrogens is 2. The Hall–Kier alpha value is -2.83. The molecule has 0 aliphatic carbocycles. The van der Waals surface area contributed by atoms with Gasteiger partial charge in [0.15, 0.2) is 11.5 Å². The summed E-state index contributed by atoms with van der Waals surface area (Å²) in [5.41, 5.74) is 7.06. The summed E-state index contributed by atoms with van der Waals surface area (Å²) in [4.78, 5) is 12.0. The number of benzene rings is 1. The molecule has 7 heteroatoms. The van der Waals surface area contributed by atoms with Crippen molar-refractivity contribution in [3.63, 3.8) is 0 Å². The quantitative estimate of drug-likeness (QED) is 0.816. The Morgan fingerprint density at radius 2 is 1.90 bits per heavy atom. The van der Waals surface area contributed by atoms with Gasteiger partial charge in [0.2, 0.25) is 0 Å². The molecule has 2 rings (SSSR count). The molecule has 0 radical (unpaired) electrons. The van der Waals surface area contributed by atoms with Crippen LogP contribution in [0.15, 0.2) is 30.6 Å². The number of rotatable bonds is 4. The molecule has 3 N–H and O–H groups in total. The van der Waals surface area contributed by atoms with E-state index in [2.05, 4.69) is 15.5 Å². The highest BCUT2D eigenvalue weighted by molar-refractivity contribution is 6.05. The zero-order chi connectivity index (χ0) is 14.5. The first-order chi connectivity index (χ1) is 9.65. The highest BCUT2D eigenvalue weighted by Crippen LogP contribution is 2.34. The van der Waals surface area contributed by atoms with Gasteiger partial charge in [0.05, 0.1) is 43.6 Å². The van der Waals surface area contributed by atoms with Gasteiger partial charge in [0, 0.05) is 12.1 Å². The maximum absolute atomic E-state index is 12.0. The van der Waals surface area contributed by atoms with Gasteiger partial charge in [-0.1, -0.05) is 0 Å². The van der Waals surface area contributed by atoms with E-state index in [-0.39, 0.29) is 5.91 Å². The Balaban J connectivity index is 2.28. The molecule has 1 aromatic heterocycles.